The van der Waals surface area contributed by atoms with Crippen molar-refractivity contribution in [3.63, 3.8) is 0 Å². The van der Waals surface area contributed by atoms with E-state index < -0.39 is 5.82 Å². The first kappa shape index (κ1) is 20.8. The van der Waals surface area contributed by atoms with Gasteiger partial charge in [-0.25, -0.2) is 14.1 Å². The molecule has 0 bridgehead atoms. The monoisotopic (exact) mass is 460 g/mol. The fourth-order valence-corrected chi connectivity index (χ4v) is 3.79. The Hall–Kier alpha value is -4.04. The summed E-state index contributed by atoms with van der Waals surface area (Å²) in [5, 5.41) is 12.0. The van der Waals surface area contributed by atoms with Gasteiger partial charge in [-0.05, 0) is 55.5 Å². The van der Waals surface area contributed by atoms with E-state index in [9.17, 15) is 9.18 Å². The molecule has 0 spiro atoms. The maximum absolute atomic E-state index is 13.4. The summed E-state index contributed by atoms with van der Waals surface area (Å²) in [5.74, 6) is 0.120. The lowest BCUT2D eigenvalue weighted by Gasteiger charge is -2.12. The molecule has 0 aliphatic carbocycles. The van der Waals surface area contributed by atoms with Crippen LogP contribution in [0.5, 0.6) is 0 Å². The predicted molar refractivity (Wildman–Crippen MR) is 126 cm³/mol. The Kier molecular flexibility index (Phi) is 5.35. The van der Waals surface area contributed by atoms with Crippen LogP contribution in [0.25, 0.3) is 22.3 Å². The summed E-state index contributed by atoms with van der Waals surface area (Å²) in [4.78, 5) is 17.7. The second-order valence-electron chi connectivity index (χ2n) is 7.47. The Morgan fingerprint density at radius 3 is 2.64 bits per heavy atom. The predicted octanol–water partition coefficient (Wildman–Crippen LogP) is 4.68. The van der Waals surface area contributed by atoms with Gasteiger partial charge in [0.2, 0.25) is 0 Å². The Morgan fingerprint density at radius 2 is 1.85 bits per heavy atom. The average Bonchev–Trinajstić information content (AvgIpc) is 3.29. The standard InChI is InChI=1S/C24H18ClFN6O/c1-15-28-23-11-16(7-9-20(23)24(33)32(15)18-5-3-2-4-6-18)27-13-17-14-31(30-29-17)19-8-10-22(26)21(25)12-19/h2-12,14,27H,13H2,1H3. The number of hydrogen-bond donors (Lipinski definition) is 1. The van der Waals surface area contributed by atoms with Gasteiger partial charge in [-0.2, -0.15) is 0 Å². The molecule has 0 amide bonds. The van der Waals surface area contributed by atoms with Crippen LogP contribution in [0.15, 0.2) is 77.7 Å². The largest absolute Gasteiger partial charge is 0.379 e. The Balaban J connectivity index is 1.38. The highest BCUT2D eigenvalue weighted by Crippen LogP contribution is 2.20. The molecule has 2 aromatic heterocycles. The van der Waals surface area contributed by atoms with Gasteiger partial charge in [0.05, 0.1) is 40.0 Å². The molecule has 164 valence electrons. The highest BCUT2D eigenvalue weighted by atomic mass is 35.5. The fourth-order valence-electron chi connectivity index (χ4n) is 3.61. The molecule has 9 heteroatoms. The van der Waals surface area contributed by atoms with Crippen LogP contribution in [0, 0.1) is 12.7 Å². The SMILES string of the molecule is Cc1nc2cc(NCc3cn(-c4ccc(F)c(Cl)c4)nn3)ccc2c(=O)n1-c1ccccc1. The lowest BCUT2D eigenvalue weighted by atomic mass is 10.2. The first-order chi connectivity index (χ1) is 16.0. The van der Waals surface area contributed by atoms with E-state index in [1.165, 1.54) is 16.8 Å². The molecule has 0 fully saturated rings. The summed E-state index contributed by atoms with van der Waals surface area (Å²) in [5.41, 5.74) is 3.36. The highest BCUT2D eigenvalue weighted by molar-refractivity contribution is 6.30. The van der Waals surface area contributed by atoms with Crippen LogP contribution in [0.3, 0.4) is 0 Å². The molecule has 33 heavy (non-hydrogen) atoms. The minimum atomic E-state index is -0.488. The molecule has 2 heterocycles. The number of nitrogens with zero attached hydrogens (tertiary/aromatic N) is 5. The molecule has 0 saturated carbocycles. The number of nitrogens with one attached hydrogen (secondary N) is 1. The van der Waals surface area contributed by atoms with E-state index in [1.54, 1.807) is 22.9 Å². The van der Waals surface area contributed by atoms with Crippen molar-refractivity contribution >= 4 is 28.2 Å². The van der Waals surface area contributed by atoms with Gasteiger partial charge < -0.3 is 5.32 Å². The van der Waals surface area contributed by atoms with Gasteiger partial charge in [0.1, 0.15) is 17.3 Å². The van der Waals surface area contributed by atoms with Gasteiger partial charge in [-0.15, -0.1) is 5.10 Å². The molecule has 3 aromatic carbocycles. The maximum Gasteiger partial charge on any atom is 0.265 e. The molecule has 0 radical (unpaired) electrons. The van der Waals surface area contributed by atoms with Crippen molar-refractivity contribution in [2.24, 2.45) is 0 Å². The molecule has 0 atom stereocenters. The number of aromatic nitrogens is 5. The van der Waals surface area contributed by atoms with Crippen LogP contribution in [0.1, 0.15) is 11.5 Å². The molecule has 5 aromatic rings. The molecule has 0 unspecified atom stereocenters. The minimum Gasteiger partial charge on any atom is -0.379 e. The van der Waals surface area contributed by atoms with Crippen LogP contribution in [0.4, 0.5) is 10.1 Å². The van der Waals surface area contributed by atoms with E-state index in [0.29, 0.717) is 34.7 Å². The lowest BCUT2D eigenvalue weighted by Crippen LogP contribution is -2.22. The normalized spacial score (nSPS) is 11.1. The average molecular weight is 461 g/mol. The lowest BCUT2D eigenvalue weighted by molar-refractivity contribution is 0.627. The van der Waals surface area contributed by atoms with Gasteiger partial charge in [0.25, 0.3) is 5.56 Å². The smallest absolute Gasteiger partial charge is 0.265 e. The number of para-hydroxylation sites is 1. The second kappa shape index (κ2) is 8.48. The molecule has 1 N–H and O–H groups in total. The summed E-state index contributed by atoms with van der Waals surface area (Å²) >= 11 is 5.85. The first-order valence-electron chi connectivity index (χ1n) is 10.2. The number of rotatable bonds is 5. The Morgan fingerprint density at radius 1 is 1.03 bits per heavy atom. The van der Waals surface area contributed by atoms with Crippen molar-refractivity contribution in [3.05, 3.63) is 106 Å². The van der Waals surface area contributed by atoms with Crippen LogP contribution >= 0.6 is 11.6 Å². The third kappa shape index (κ3) is 4.08. The first-order valence-corrected chi connectivity index (χ1v) is 10.6. The Labute approximate surface area is 193 Å². The zero-order valence-electron chi connectivity index (χ0n) is 17.5. The van der Waals surface area contributed by atoms with Crippen molar-refractivity contribution in [2.75, 3.05) is 5.32 Å². The maximum atomic E-state index is 13.4. The molecule has 0 aliphatic heterocycles. The third-order valence-corrected chi connectivity index (χ3v) is 5.52. The van der Waals surface area contributed by atoms with Crippen LogP contribution < -0.4 is 10.9 Å². The number of aryl methyl sites for hydroxylation is 1. The van der Waals surface area contributed by atoms with E-state index in [1.807, 2.05) is 49.4 Å². The zero-order chi connectivity index (χ0) is 22.9. The molecular formula is C24H18ClFN6O. The van der Waals surface area contributed by atoms with Crippen LogP contribution in [0.2, 0.25) is 5.02 Å². The summed E-state index contributed by atoms with van der Waals surface area (Å²) in [6, 6.07) is 19.2. The van der Waals surface area contributed by atoms with Gasteiger partial charge in [0, 0.05) is 5.69 Å². The quantitative estimate of drug-likeness (QED) is 0.412. The van der Waals surface area contributed by atoms with Crippen molar-refractivity contribution in [3.8, 4) is 11.4 Å². The van der Waals surface area contributed by atoms with E-state index in [0.717, 1.165) is 11.4 Å². The minimum absolute atomic E-state index is 0.0213. The van der Waals surface area contributed by atoms with Crippen molar-refractivity contribution in [2.45, 2.75) is 13.5 Å². The highest BCUT2D eigenvalue weighted by Gasteiger charge is 2.11. The fraction of sp³-hybridized carbons (Fsp3) is 0.0833. The molecular weight excluding hydrogens is 443 g/mol. The number of benzene rings is 3. The topological polar surface area (TPSA) is 77.6 Å². The second-order valence-corrected chi connectivity index (χ2v) is 7.88. The third-order valence-electron chi connectivity index (χ3n) is 5.23. The summed E-state index contributed by atoms with van der Waals surface area (Å²) in [7, 11) is 0. The summed E-state index contributed by atoms with van der Waals surface area (Å²) in [6.07, 6.45) is 1.73. The van der Waals surface area contributed by atoms with Crippen molar-refractivity contribution in [1.82, 2.24) is 24.5 Å². The van der Waals surface area contributed by atoms with E-state index in [2.05, 4.69) is 20.6 Å². The molecule has 0 aliphatic rings. The zero-order valence-corrected chi connectivity index (χ0v) is 18.3. The van der Waals surface area contributed by atoms with Crippen molar-refractivity contribution < 1.29 is 4.39 Å². The van der Waals surface area contributed by atoms with Crippen LogP contribution in [-0.4, -0.2) is 24.5 Å². The number of halogens is 2. The van der Waals surface area contributed by atoms with E-state index in [4.69, 9.17) is 11.6 Å². The Bertz CT molecular complexity index is 1530. The summed E-state index contributed by atoms with van der Waals surface area (Å²) in [6.45, 7) is 2.22. The van der Waals surface area contributed by atoms with Crippen molar-refractivity contribution in [1.29, 1.82) is 0 Å². The van der Waals surface area contributed by atoms with Crippen LogP contribution in [-0.2, 0) is 6.54 Å². The molecule has 7 nitrogen and oxygen atoms in total. The van der Waals surface area contributed by atoms with E-state index in [-0.39, 0.29) is 10.6 Å². The summed E-state index contributed by atoms with van der Waals surface area (Å²) < 4.78 is 16.5. The van der Waals surface area contributed by atoms with Gasteiger partial charge >= 0.3 is 0 Å². The molecule has 0 saturated heterocycles. The van der Waals surface area contributed by atoms with Gasteiger partial charge in [-0.3, -0.25) is 9.36 Å². The number of hydrogen-bond acceptors (Lipinski definition) is 5. The number of fused-ring (bicyclic) bond motifs is 1. The van der Waals surface area contributed by atoms with E-state index >= 15 is 0 Å². The molecule has 5 rings (SSSR count). The van der Waals surface area contributed by atoms with Gasteiger partial charge in [0.15, 0.2) is 0 Å². The number of anilines is 1. The van der Waals surface area contributed by atoms with Gasteiger partial charge in [-0.1, -0.05) is 35.0 Å².